The van der Waals surface area contributed by atoms with Crippen molar-refractivity contribution < 1.29 is 22.8 Å². The molecule has 1 heterocycles. The molecule has 0 aliphatic rings. The number of H-pyrrole nitrogens is 1. The molecule has 0 aliphatic carbocycles. The maximum absolute atomic E-state index is 12.5. The van der Waals surface area contributed by atoms with Crippen LogP contribution in [0.15, 0.2) is 18.9 Å². The van der Waals surface area contributed by atoms with Gasteiger partial charge in [-0.2, -0.15) is 18.3 Å². The monoisotopic (exact) mass is 290 g/mol. The highest BCUT2D eigenvalue weighted by atomic mass is 19.4. The fourth-order valence-corrected chi connectivity index (χ4v) is 1.43. The molecule has 110 valence electrons. The van der Waals surface area contributed by atoms with Gasteiger partial charge in [-0.05, 0) is 13.0 Å². The molecular weight excluding hydrogens is 277 g/mol. The van der Waals surface area contributed by atoms with E-state index >= 15 is 0 Å². The molecule has 0 spiro atoms. The van der Waals surface area contributed by atoms with Gasteiger partial charge in [0, 0.05) is 6.54 Å². The standard InChI is InChI=1S/C11H13F3N4O2/c1-3-9(20)18(4-2)6-8(19)16-7-5-15-17-10(7)11(12,13)14/h3,5H,1,4,6H2,2H3,(H,15,17)(H,16,19). The first-order valence-corrected chi connectivity index (χ1v) is 5.61. The Kier molecular flexibility index (Phi) is 4.89. The van der Waals surface area contributed by atoms with Gasteiger partial charge in [0.1, 0.15) is 6.54 Å². The smallest absolute Gasteiger partial charge is 0.330 e. The molecule has 0 unspecified atom stereocenters. The van der Waals surface area contributed by atoms with Crippen LogP contribution in [0.2, 0.25) is 0 Å². The van der Waals surface area contributed by atoms with Crippen molar-refractivity contribution in [1.82, 2.24) is 15.1 Å². The first-order valence-electron chi connectivity index (χ1n) is 5.61. The first kappa shape index (κ1) is 15.7. The van der Waals surface area contributed by atoms with Crippen LogP contribution in [0.3, 0.4) is 0 Å². The zero-order valence-electron chi connectivity index (χ0n) is 10.6. The Balaban J connectivity index is 2.75. The molecule has 20 heavy (non-hydrogen) atoms. The summed E-state index contributed by atoms with van der Waals surface area (Å²) in [6.07, 6.45) is -2.78. The Labute approximate surface area is 112 Å². The van der Waals surface area contributed by atoms with Gasteiger partial charge in [-0.15, -0.1) is 0 Å². The second-order valence-corrected chi connectivity index (χ2v) is 3.76. The first-order chi connectivity index (χ1) is 9.29. The largest absolute Gasteiger partial charge is 0.434 e. The Morgan fingerprint density at radius 2 is 2.20 bits per heavy atom. The van der Waals surface area contributed by atoms with Crippen LogP contribution in [0.25, 0.3) is 0 Å². The molecule has 2 N–H and O–H groups in total. The highest BCUT2D eigenvalue weighted by Gasteiger charge is 2.36. The lowest BCUT2D eigenvalue weighted by atomic mass is 10.3. The van der Waals surface area contributed by atoms with Gasteiger partial charge in [0.2, 0.25) is 11.8 Å². The van der Waals surface area contributed by atoms with Gasteiger partial charge in [0.15, 0.2) is 5.69 Å². The summed E-state index contributed by atoms with van der Waals surface area (Å²) >= 11 is 0. The molecule has 0 atom stereocenters. The van der Waals surface area contributed by atoms with Gasteiger partial charge in [-0.3, -0.25) is 14.7 Å². The number of nitrogens with one attached hydrogen (secondary N) is 2. The molecule has 0 saturated carbocycles. The van der Waals surface area contributed by atoms with Gasteiger partial charge in [0.05, 0.1) is 11.9 Å². The predicted molar refractivity (Wildman–Crippen MR) is 64.7 cm³/mol. The summed E-state index contributed by atoms with van der Waals surface area (Å²) in [4.78, 5) is 24.1. The average Bonchev–Trinajstić information content (AvgIpc) is 2.82. The van der Waals surface area contributed by atoms with E-state index in [0.29, 0.717) is 0 Å². The van der Waals surface area contributed by atoms with Crippen LogP contribution >= 0.6 is 0 Å². The average molecular weight is 290 g/mol. The third-order valence-electron chi connectivity index (χ3n) is 2.40. The van der Waals surface area contributed by atoms with Crippen molar-refractivity contribution in [1.29, 1.82) is 0 Å². The molecule has 0 fully saturated rings. The summed E-state index contributed by atoms with van der Waals surface area (Å²) < 4.78 is 37.6. The quantitative estimate of drug-likeness (QED) is 0.805. The minimum absolute atomic E-state index is 0.232. The zero-order valence-corrected chi connectivity index (χ0v) is 10.6. The second kappa shape index (κ2) is 6.22. The Morgan fingerprint density at radius 3 is 2.70 bits per heavy atom. The van der Waals surface area contributed by atoms with Crippen molar-refractivity contribution in [2.75, 3.05) is 18.4 Å². The summed E-state index contributed by atoms with van der Waals surface area (Å²) in [6.45, 7) is 4.77. The van der Waals surface area contributed by atoms with E-state index in [9.17, 15) is 22.8 Å². The lowest BCUT2D eigenvalue weighted by Crippen LogP contribution is -2.37. The van der Waals surface area contributed by atoms with Gasteiger partial charge in [-0.25, -0.2) is 0 Å². The van der Waals surface area contributed by atoms with Crippen LogP contribution in [0.1, 0.15) is 12.6 Å². The number of hydrogen-bond acceptors (Lipinski definition) is 3. The molecule has 0 bridgehead atoms. The van der Waals surface area contributed by atoms with E-state index in [1.165, 1.54) is 0 Å². The molecular formula is C11H13F3N4O2. The summed E-state index contributed by atoms with van der Waals surface area (Å²) in [7, 11) is 0. The maximum Gasteiger partial charge on any atom is 0.434 e. The molecule has 6 nitrogen and oxygen atoms in total. The van der Waals surface area contributed by atoms with Crippen molar-refractivity contribution in [3.63, 3.8) is 0 Å². The molecule has 0 aliphatic heterocycles. The van der Waals surface area contributed by atoms with E-state index in [1.54, 1.807) is 12.0 Å². The summed E-state index contributed by atoms with van der Waals surface area (Å²) in [5, 5.41) is 7.06. The number of amides is 2. The van der Waals surface area contributed by atoms with Gasteiger partial charge in [-0.1, -0.05) is 6.58 Å². The Hall–Kier alpha value is -2.32. The number of hydrogen-bond donors (Lipinski definition) is 2. The normalized spacial score (nSPS) is 11.0. The Morgan fingerprint density at radius 1 is 1.55 bits per heavy atom. The molecule has 0 saturated heterocycles. The number of rotatable bonds is 5. The highest BCUT2D eigenvalue weighted by molar-refractivity contribution is 5.96. The minimum atomic E-state index is -4.65. The van der Waals surface area contributed by atoms with E-state index in [-0.39, 0.29) is 13.1 Å². The van der Waals surface area contributed by atoms with Crippen molar-refractivity contribution in [3.05, 3.63) is 24.5 Å². The number of aromatic nitrogens is 2. The lowest BCUT2D eigenvalue weighted by Gasteiger charge is -2.18. The van der Waals surface area contributed by atoms with Crippen molar-refractivity contribution in [3.8, 4) is 0 Å². The number of anilines is 1. The molecule has 1 rings (SSSR count). The van der Waals surface area contributed by atoms with E-state index in [0.717, 1.165) is 17.2 Å². The van der Waals surface area contributed by atoms with Crippen LogP contribution in [0.4, 0.5) is 18.9 Å². The topological polar surface area (TPSA) is 78.1 Å². The van der Waals surface area contributed by atoms with Crippen molar-refractivity contribution >= 4 is 17.5 Å². The van der Waals surface area contributed by atoms with Crippen LogP contribution in [0, 0.1) is 0 Å². The third kappa shape index (κ3) is 3.84. The number of carbonyl (C=O) groups is 2. The summed E-state index contributed by atoms with van der Waals surface area (Å²) in [6, 6.07) is 0. The van der Waals surface area contributed by atoms with Gasteiger partial charge >= 0.3 is 6.18 Å². The van der Waals surface area contributed by atoms with Crippen LogP contribution in [0.5, 0.6) is 0 Å². The molecule has 0 radical (unpaired) electrons. The fraction of sp³-hybridized carbons (Fsp3) is 0.364. The van der Waals surface area contributed by atoms with Crippen LogP contribution in [-0.4, -0.2) is 40.0 Å². The lowest BCUT2D eigenvalue weighted by molar-refractivity contribution is -0.140. The fourth-order valence-electron chi connectivity index (χ4n) is 1.43. The number of halogens is 3. The van der Waals surface area contributed by atoms with Crippen molar-refractivity contribution in [2.24, 2.45) is 0 Å². The van der Waals surface area contributed by atoms with E-state index in [2.05, 4.69) is 17.0 Å². The zero-order chi connectivity index (χ0) is 15.3. The number of carbonyl (C=O) groups excluding carboxylic acids is 2. The second-order valence-electron chi connectivity index (χ2n) is 3.76. The predicted octanol–water partition coefficient (Wildman–Crippen LogP) is 1.40. The van der Waals surface area contributed by atoms with Crippen LogP contribution in [-0.2, 0) is 15.8 Å². The highest BCUT2D eigenvalue weighted by Crippen LogP contribution is 2.32. The molecule has 9 heteroatoms. The molecule has 1 aromatic heterocycles. The molecule has 1 aromatic rings. The number of nitrogens with zero attached hydrogens (tertiary/aromatic N) is 2. The SMILES string of the molecule is C=CC(=O)N(CC)CC(=O)Nc1cn[nH]c1C(F)(F)F. The number of aromatic amines is 1. The van der Waals surface area contributed by atoms with Gasteiger partial charge in [0.25, 0.3) is 0 Å². The van der Waals surface area contributed by atoms with Gasteiger partial charge < -0.3 is 10.2 Å². The summed E-state index contributed by atoms with van der Waals surface area (Å²) in [5.74, 6) is -1.24. The Bertz CT molecular complexity index is 510. The maximum atomic E-state index is 12.5. The minimum Gasteiger partial charge on any atom is -0.330 e. The van der Waals surface area contributed by atoms with E-state index in [4.69, 9.17) is 0 Å². The summed E-state index contributed by atoms with van der Waals surface area (Å²) in [5.41, 5.74) is -1.63. The molecule has 2 amide bonds. The van der Waals surface area contributed by atoms with Crippen LogP contribution < -0.4 is 5.32 Å². The number of likely N-dealkylation sites (N-methyl/N-ethyl adjacent to an activating group) is 1. The third-order valence-corrected chi connectivity index (χ3v) is 2.40. The van der Waals surface area contributed by atoms with Crippen molar-refractivity contribution in [2.45, 2.75) is 13.1 Å². The molecule has 0 aromatic carbocycles. The van der Waals surface area contributed by atoms with E-state index in [1.807, 2.05) is 0 Å². The number of alkyl halides is 3. The van der Waals surface area contributed by atoms with E-state index < -0.39 is 29.4 Å².